The van der Waals surface area contributed by atoms with Gasteiger partial charge < -0.3 is 10.6 Å². The number of aromatic nitrogens is 2. The van der Waals surface area contributed by atoms with E-state index in [1.807, 2.05) is 0 Å². The Morgan fingerprint density at radius 2 is 1.68 bits per heavy atom. The summed E-state index contributed by atoms with van der Waals surface area (Å²) in [6.07, 6.45) is -0.793. The predicted molar refractivity (Wildman–Crippen MR) is 111 cm³/mol. The van der Waals surface area contributed by atoms with E-state index in [9.17, 15) is 22.8 Å². The number of carbonyl (C=O) groups is 1. The first-order valence-electron chi connectivity index (χ1n) is 10.1. The fourth-order valence-corrected chi connectivity index (χ4v) is 3.97. The van der Waals surface area contributed by atoms with Crippen LogP contribution in [0.2, 0.25) is 0 Å². The lowest BCUT2D eigenvalue weighted by Gasteiger charge is -2.17. The third-order valence-corrected chi connectivity index (χ3v) is 5.47. The van der Waals surface area contributed by atoms with E-state index in [0.717, 1.165) is 31.7 Å². The van der Waals surface area contributed by atoms with Crippen molar-refractivity contribution in [3.8, 4) is 0 Å². The third kappa shape index (κ3) is 4.40. The second kappa shape index (κ2) is 8.41. The van der Waals surface area contributed by atoms with Crippen LogP contribution in [-0.4, -0.2) is 15.8 Å². The molecule has 9 heteroatoms. The molecule has 0 saturated heterocycles. The first-order chi connectivity index (χ1) is 14.8. The first kappa shape index (κ1) is 20.9. The van der Waals surface area contributed by atoms with Gasteiger partial charge in [0.2, 0.25) is 0 Å². The largest absolute Gasteiger partial charge is 0.418 e. The van der Waals surface area contributed by atoms with Crippen LogP contribution in [0, 0.1) is 0 Å². The standard InChI is InChI=1S/C22H21F3N4O2/c23-22(24,25)17-11-5-6-12-18(17)27-21(31)26-13-19-15-9-3-4-10-16(15)20(30)29(28-19)14-7-1-2-8-14/h3-6,9-12,14H,1-2,7-8,13H2,(H2,26,27,31). The molecule has 0 atom stereocenters. The highest BCUT2D eigenvalue weighted by Crippen LogP contribution is 2.34. The number of nitrogens with zero attached hydrogens (tertiary/aromatic N) is 2. The van der Waals surface area contributed by atoms with Crippen molar-refractivity contribution in [1.82, 2.24) is 15.1 Å². The van der Waals surface area contributed by atoms with E-state index < -0.39 is 17.8 Å². The van der Waals surface area contributed by atoms with Gasteiger partial charge >= 0.3 is 12.2 Å². The van der Waals surface area contributed by atoms with Crippen molar-refractivity contribution in [3.05, 3.63) is 70.1 Å². The van der Waals surface area contributed by atoms with Crippen LogP contribution in [0.5, 0.6) is 0 Å². The number of rotatable bonds is 4. The second-order valence-corrected chi connectivity index (χ2v) is 7.53. The lowest BCUT2D eigenvalue weighted by atomic mass is 10.1. The molecule has 4 rings (SSSR count). The van der Waals surface area contributed by atoms with E-state index in [2.05, 4.69) is 15.7 Å². The van der Waals surface area contributed by atoms with Crippen LogP contribution in [0.3, 0.4) is 0 Å². The van der Waals surface area contributed by atoms with Gasteiger partial charge in [-0.2, -0.15) is 18.3 Å². The Morgan fingerprint density at radius 3 is 2.39 bits per heavy atom. The molecule has 1 fully saturated rings. The zero-order chi connectivity index (χ0) is 22.0. The van der Waals surface area contributed by atoms with Crippen molar-refractivity contribution >= 4 is 22.5 Å². The average Bonchev–Trinajstić information content (AvgIpc) is 3.28. The molecule has 0 spiro atoms. The summed E-state index contributed by atoms with van der Waals surface area (Å²) in [6, 6.07) is 11.0. The summed E-state index contributed by atoms with van der Waals surface area (Å²) in [5.74, 6) is 0. The lowest BCUT2D eigenvalue weighted by molar-refractivity contribution is -0.136. The van der Waals surface area contributed by atoms with Crippen molar-refractivity contribution < 1.29 is 18.0 Å². The maximum atomic E-state index is 13.1. The molecular weight excluding hydrogens is 409 g/mol. The van der Waals surface area contributed by atoms with Gasteiger partial charge in [-0.3, -0.25) is 4.79 Å². The van der Waals surface area contributed by atoms with Gasteiger partial charge in [-0.25, -0.2) is 9.48 Å². The van der Waals surface area contributed by atoms with Gasteiger partial charge in [0.25, 0.3) is 5.56 Å². The number of urea groups is 1. The summed E-state index contributed by atoms with van der Waals surface area (Å²) >= 11 is 0. The van der Waals surface area contributed by atoms with Crippen LogP contribution < -0.4 is 16.2 Å². The van der Waals surface area contributed by atoms with Crippen molar-refractivity contribution in [1.29, 1.82) is 0 Å². The van der Waals surface area contributed by atoms with Gasteiger partial charge in [-0.05, 0) is 31.0 Å². The molecule has 1 heterocycles. The molecule has 1 aromatic heterocycles. The maximum absolute atomic E-state index is 13.1. The molecule has 0 radical (unpaired) electrons. The van der Waals surface area contributed by atoms with Crippen molar-refractivity contribution in [2.24, 2.45) is 0 Å². The minimum absolute atomic E-state index is 0.0170. The van der Waals surface area contributed by atoms with E-state index in [0.29, 0.717) is 16.5 Å². The molecule has 1 saturated carbocycles. The van der Waals surface area contributed by atoms with E-state index >= 15 is 0 Å². The number of hydrogen-bond acceptors (Lipinski definition) is 3. The molecule has 1 aliphatic carbocycles. The summed E-state index contributed by atoms with van der Waals surface area (Å²) in [6.45, 7) is -0.0342. The van der Waals surface area contributed by atoms with Gasteiger partial charge in [-0.15, -0.1) is 0 Å². The fraction of sp³-hybridized carbons (Fsp3) is 0.318. The van der Waals surface area contributed by atoms with Gasteiger partial charge in [-0.1, -0.05) is 43.2 Å². The number of amides is 2. The molecule has 6 nitrogen and oxygen atoms in total. The number of alkyl halides is 3. The van der Waals surface area contributed by atoms with Crippen LogP contribution >= 0.6 is 0 Å². The number of nitrogens with one attached hydrogen (secondary N) is 2. The zero-order valence-corrected chi connectivity index (χ0v) is 16.6. The van der Waals surface area contributed by atoms with E-state index in [1.54, 1.807) is 24.3 Å². The SMILES string of the molecule is O=C(NCc1nn(C2CCCC2)c(=O)c2ccccc12)Nc1ccccc1C(F)(F)F. The number of para-hydroxylation sites is 1. The molecule has 0 aliphatic heterocycles. The van der Waals surface area contributed by atoms with Crippen molar-refractivity contribution in [2.45, 2.75) is 44.4 Å². The Bertz CT molecular complexity index is 1170. The maximum Gasteiger partial charge on any atom is 0.418 e. The average molecular weight is 430 g/mol. The number of halogens is 3. The Balaban J connectivity index is 1.58. The summed E-state index contributed by atoms with van der Waals surface area (Å²) in [5, 5.41) is 10.4. The lowest BCUT2D eigenvalue weighted by Crippen LogP contribution is -2.32. The highest BCUT2D eigenvalue weighted by atomic mass is 19.4. The Morgan fingerprint density at radius 1 is 1.03 bits per heavy atom. The van der Waals surface area contributed by atoms with Crippen LogP contribution in [-0.2, 0) is 12.7 Å². The van der Waals surface area contributed by atoms with Gasteiger partial charge in [0, 0.05) is 5.39 Å². The molecule has 2 aromatic carbocycles. The van der Waals surface area contributed by atoms with Crippen LogP contribution in [0.25, 0.3) is 10.8 Å². The quantitative estimate of drug-likeness (QED) is 0.621. The minimum Gasteiger partial charge on any atom is -0.332 e. The molecule has 3 aromatic rings. The Labute approximate surface area is 176 Å². The van der Waals surface area contributed by atoms with Crippen LogP contribution in [0.4, 0.5) is 23.7 Å². The third-order valence-electron chi connectivity index (χ3n) is 5.47. The highest BCUT2D eigenvalue weighted by Gasteiger charge is 2.33. The summed E-state index contributed by atoms with van der Waals surface area (Å²) in [5.41, 5.74) is -0.944. The van der Waals surface area contributed by atoms with Gasteiger partial charge in [0.1, 0.15) is 0 Å². The summed E-state index contributed by atoms with van der Waals surface area (Å²) in [4.78, 5) is 25.2. The normalized spacial score (nSPS) is 14.7. The number of anilines is 1. The van der Waals surface area contributed by atoms with Crippen LogP contribution in [0.1, 0.15) is 43.0 Å². The highest BCUT2D eigenvalue weighted by molar-refractivity contribution is 5.90. The van der Waals surface area contributed by atoms with Gasteiger partial charge in [0.05, 0.1) is 34.9 Å². The molecule has 162 valence electrons. The second-order valence-electron chi connectivity index (χ2n) is 7.53. The number of fused-ring (bicyclic) bond motifs is 1. The van der Waals surface area contributed by atoms with Crippen molar-refractivity contribution in [3.63, 3.8) is 0 Å². The Hall–Kier alpha value is -3.36. The zero-order valence-electron chi connectivity index (χ0n) is 16.6. The number of carbonyl (C=O) groups excluding carboxylic acids is 1. The van der Waals surface area contributed by atoms with E-state index in [1.165, 1.54) is 22.9 Å². The number of benzene rings is 2. The summed E-state index contributed by atoms with van der Waals surface area (Å²) in [7, 11) is 0. The first-order valence-corrected chi connectivity index (χ1v) is 10.1. The fourth-order valence-electron chi connectivity index (χ4n) is 3.97. The molecule has 2 amide bonds. The molecule has 31 heavy (non-hydrogen) atoms. The smallest absolute Gasteiger partial charge is 0.332 e. The topological polar surface area (TPSA) is 76.0 Å². The van der Waals surface area contributed by atoms with Crippen LogP contribution in [0.15, 0.2) is 53.3 Å². The molecular formula is C22H21F3N4O2. The Kier molecular flexibility index (Phi) is 5.67. The monoisotopic (exact) mass is 430 g/mol. The van der Waals surface area contributed by atoms with E-state index in [-0.39, 0.29) is 23.8 Å². The number of hydrogen-bond donors (Lipinski definition) is 2. The minimum atomic E-state index is -4.58. The molecule has 0 unspecified atom stereocenters. The van der Waals surface area contributed by atoms with E-state index in [4.69, 9.17) is 0 Å². The summed E-state index contributed by atoms with van der Waals surface area (Å²) < 4.78 is 40.9. The molecule has 2 N–H and O–H groups in total. The van der Waals surface area contributed by atoms with Gasteiger partial charge in [0.15, 0.2) is 0 Å². The molecule has 1 aliphatic rings. The predicted octanol–water partition coefficient (Wildman–Crippen LogP) is 4.85. The van der Waals surface area contributed by atoms with Crippen molar-refractivity contribution in [2.75, 3.05) is 5.32 Å². The molecule has 0 bridgehead atoms.